The van der Waals surface area contributed by atoms with Crippen molar-refractivity contribution in [1.82, 2.24) is 10.2 Å². The number of carbonyl (C=O) groups is 2. The maximum absolute atomic E-state index is 12.8. The Morgan fingerprint density at radius 1 is 1.17 bits per heavy atom. The van der Waals surface area contributed by atoms with Gasteiger partial charge in [-0.15, -0.1) is 0 Å². The number of piperidine rings is 1. The molecule has 0 spiro atoms. The van der Waals surface area contributed by atoms with Crippen LogP contribution in [0.2, 0.25) is 0 Å². The number of amides is 2. The van der Waals surface area contributed by atoms with E-state index in [1.807, 2.05) is 11.0 Å². The van der Waals surface area contributed by atoms with E-state index in [9.17, 15) is 9.59 Å². The number of hydrogen-bond donors (Lipinski definition) is 1. The highest BCUT2D eigenvalue weighted by molar-refractivity contribution is 6.00. The zero-order valence-corrected chi connectivity index (χ0v) is 17.7. The number of aryl methyl sites for hydroxylation is 2. The zero-order chi connectivity index (χ0) is 20.4. The van der Waals surface area contributed by atoms with Crippen molar-refractivity contribution in [2.45, 2.75) is 58.4 Å². The second kappa shape index (κ2) is 8.70. The minimum absolute atomic E-state index is 0.0461. The molecule has 2 aliphatic heterocycles. The first kappa shape index (κ1) is 20.1. The number of hydrogen-bond acceptors (Lipinski definition) is 3. The molecule has 2 saturated heterocycles. The molecule has 5 heteroatoms. The minimum Gasteiger partial charge on any atom is -0.353 e. The Bertz CT molecular complexity index is 804. The SMILES string of the molecule is CC(C)=CCN1CCC(NC(=O)C2CC(=O)N(c3ccc4c(c3)CCC4)C2)CC1. The minimum atomic E-state index is -0.237. The molecular weight excluding hydrogens is 362 g/mol. The van der Waals surface area contributed by atoms with Gasteiger partial charge in [-0.1, -0.05) is 17.7 Å². The Labute approximate surface area is 174 Å². The van der Waals surface area contributed by atoms with E-state index >= 15 is 0 Å². The second-order valence-corrected chi connectivity index (χ2v) is 9.08. The van der Waals surface area contributed by atoms with Crippen molar-refractivity contribution >= 4 is 17.5 Å². The molecule has 29 heavy (non-hydrogen) atoms. The third-order valence-electron chi connectivity index (χ3n) is 6.58. The highest BCUT2D eigenvalue weighted by atomic mass is 16.2. The molecule has 1 aliphatic carbocycles. The first-order valence-electron chi connectivity index (χ1n) is 11.1. The van der Waals surface area contributed by atoms with Crippen LogP contribution < -0.4 is 10.2 Å². The molecule has 1 unspecified atom stereocenters. The number of nitrogens with one attached hydrogen (secondary N) is 1. The summed E-state index contributed by atoms with van der Waals surface area (Å²) in [6.07, 6.45) is 7.99. The molecule has 2 heterocycles. The molecule has 0 radical (unpaired) electrons. The number of anilines is 1. The van der Waals surface area contributed by atoms with Crippen LogP contribution in [-0.2, 0) is 22.4 Å². The number of likely N-dealkylation sites (tertiary alicyclic amines) is 1. The predicted molar refractivity (Wildman–Crippen MR) is 116 cm³/mol. The van der Waals surface area contributed by atoms with Crippen molar-refractivity contribution in [1.29, 1.82) is 0 Å². The summed E-state index contributed by atoms with van der Waals surface area (Å²) in [4.78, 5) is 29.6. The van der Waals surface area contributed by atoms with Gasteiger partial charge in [0, 0.05) is 44.3 Å². The zero-order valence-electron chi connectivity index (χ0n) is 17.7. The molecule has 0 aromatic heterocycles. The number of fused-ring (bicyclic) bond motifs is 1. The van der Waals surface area contributed by atoms with Gasteiger partial charge in [-0.2, -0.15) is 0 Å². The monoisotopic (exact) mass is 395 g/mol. The van der Waals surface area contributed by atoms with Gasteiger partial charge in [0.15, 0.2) is 0 Å². The maximum atomic E-state index is 12.8. The fourth-order valence-electron chi connectivity index (χ4n) is 4.75. The average Bonchev–Trinajstić information content (AvgIpc) is 3.33. The fourth-order valence-corrected chi connectivity index (χ4v) is 4.75. The van der Waals surface area contributed by atoms with Crippen molar-refractivity contribution < 1.29 is 9.59 Å². The number of nitrogens with zero attached hydrogens (tertiary/aromatic N) is 2. The summed E-state index contributed by atoms with van der Waals surface area (Å²) < 4.78 is 0. The lowest BCUT2D eigenvalue weighted by molar-refractivity contribution is -0.127. The summed E-state index contributed by atoms with van der Waals surface area (Å²) in [6, 6.07) is 6.59. The number of rotatable bonds is 5. The van der Waals surface area contributed by atoms with Crippen LogP contribution in [0.5, 0.6) is 0 Å². The van der Waals surface area contributed by atoms with Crippen molar-refractivity contribution in [3.05, 3.63) is 41.0 Å². The van der Waals surface area contributed by atoms with Crippen LogP contribution in [0.1, 0.15) is 50.7 Å². The molecule has 4 rings (SSSR count). The summed E-state index contributed by atoms with van der Waals surface area (Å²) in [5.41, 5.74) is 5.08. The molecule has 2 amide bonds. The Morgan fingerprint density at radius 2 is 1.93 bits per heavy atom. The van der Waals surface area contributed by atoms with E-state index in [0.29, 0.717) is 13.0 Å². The molecule has 0 bridgehead atoms. The van der Waals surface area contributed by atoms with Crippen LogP contribution in [-0.4, -0.2) is 48.9 Å². The van der Waals surface area contributed by atoms with Crippen molar-refractivity contribution in [2.75, 3.05) is 31.1 Å². The molecule has 1 atom stereocenters. The van der Waals surface area contributed by atoms with Crippen LogP contribution in [0.3, 0.4) is 0 Å². The van der Waals surface area contributed by atoms with Gasteiger partial charge < -0.3 is 10.2 Å². The Hall–Kier alpha value is -2.14. The summed E-state index contributed by atoms with van der Waals surface area (Å²) in [5.74, 6) is -0.121. The lowest BCUT2D eigenvalue weighted by Gasteiger charge is -2.32. The van der Waals surface area contributed by atoms with Gasteiger partial charge in [-0.05, 0) is 69.2 Å². The Balaban J connectivity index is 1.29. The molecule has 156 valence electrons. The number of benzene rings is 1. The molecule has 1 N–H and O–H groups in total. The van der Waals surface area contributed by atoms with Crippen LogP contribution in [0, 0.1) is 5.92 Å². The van der Waals surface area contributed by atoms with Crippen molar-refractivity contribution in [3.8, 4) is 0 Å². The van der Waals surface area contributed by atoms with E-state index in [1.54, 1.807) is 0 Å². The fraction of sp³-hybridized carbons (Fsp3) is 0.583. The van der Waals surface area contributed by atoms with Gasteiger partial charge in [-0.25, -0.2) is 0 Å². The number of carbonyl (C=O) groups excluding carboxylic acids is 2. The maximum Gasteiger partial charge on any atom is 0.227 e. The van der Waals surface area contributed by atoms with Gasteiger partial charge in [0.25, 0.3) is 0 Å². The first-order chi connectivity index (χ1) is 14.0. The Kier molecular flexibility index (Phi) is 6.04. The van der Waals surface area contributed by atoms with Crippen LogP contribution in [0.25, 0.3) is 0 Å². The van der Waals surface area contributed by atoms with Crippen LogP contribution >= 0.6 is 0 Å². The van der Waals surface area contributed by atoms with Gasteiger partial charge in [0.1, 0.15) is 0 Å². The molecule has 5 nitrogen and oxygen atoms in total. The topological polar surface area (TPSA) is 52.7 Å². The molecule has 1 aromatic rings. The molecule has 1 aromatic carbocycles. The Morgan fingerprint density at radius 3 is 2.69 bits per heavy atom. The van der Waals surface area contributed by atoms with Crippen molar-refractivity contribution in [3.63, 3.8) is 0 Å². The third-order valence-corrected chi connectivity index (χ3v) is 6.58. The highest BCUT2D eigenvalue weighted by Gasteiger charge is 2.36. The quantitative estimate of drug-likeness (QED) is 0.780. The molecular formula is C24H33N3O2. The van der Waals surface area contributed by atoms with E-state index in [0.717, 1.165) is 51.0 Å². The van der Waals surface area contributed by atoms with Gasteiger partial charge >= 0.3 is 0 Å². The second-order valence-electron chi connectivity index (χ2n) is 9.08. The molecule has 2 fully saturated rings. The summed E-state index contributed by atoms with van der Waals surface area (Å²) >= 11 is 0. The lowest BCUT2D eigenvalue weighted by atomic mass is 10.0. The summed E-state index contributed by atoms with van der Waals surface area (Å²) in [5, 5.41) is 3.22. The van der Waals surface area contributed by atoms with E-state index in [4.69, 9.17) is 0 Å². The van der Waals surface area contributed by atoms with E-state index in [1.165, 1.54) is 23.1 Å². The first-order valence-corrected chi connectivity index (χ1v) is 11.1. The third kappa shape index (κ3) is 4.72. The highest BCUT2D eigenvalue weighted by Crippen LogP contribution is 2.30. The van der Waals surface area contributed by atoms with Gasteiger partial charge in [0.2, 0.25) is 11.8 Å². The smallest absolute Gasteiger partial charge is 0.227 e. The normalized spacial score (nSPS) is 22.6. The summed E-state index contributed by atoms with van der Waals surface area (Å²) in [6.45, 7) is 7.78. The lowest BCUT2D eigenvalue weighted by Crippen LogP contribution is -2.46. The van der Waals surface area contributed by atoms with E-state index < -0.39 is 0 Å². The number of allylic oxidation sites excluding steroid dienone is 1. The van der Waals surface area contributed by atoms with Crippen molar-refractivity contribution in [2.24, 2.45) is 5.92 Å². The molecule has 0 saturated carbocycles. The predicted octanol–water partition coefficient (Wildman–Crippen LogP) is 3.08. The van der Waals surface area contributed by atoms with Gasteiger partial charge in [0.05, 0.1) is 5.92 Å². The van der Waals surface area contributed by atoms with Crippen LogP contribution in [0.15, 0.2) is 29.8 Å². The van der Waals surface area contributed by atoms with Crippen LogP contribution in [0.4, 0.5) is 5.69 Å². The standard InChI is InChI=1S/C24H33N3O2/c1-17(2)8-11-26-12-9-21(10-13-26)25-24(29)20-15-23(28)27(16-20)22-7-6-18-4-3-5-19(18)14-22/h6-8,14,20-21H,3-5,9-13,15-16H2,1-2H3,(H,25,29). The van der Waals surface area contributed by atoms with E-state index in [-0.39, 0.29) is 23.8 Å². The van der Waals surface area contributed by atoms with E-state index in [2.05, 4.69) is 42.3 Å². The molecule has 3 aliphatic rings. The largest absolute Gasteiger partial charge is 0.353 e. The summed E-state index contributed by atoms with van der Waals surface area (Å²) in [7, 11) is 0. The van der Waals surface area contributed by atoms with Gasteiger partial charge in [-0.3, -0.25) is 14.5 Å². The average molecular weight is 396 g/mol.